The molecule has 0 aromatic heterocycles. The first-order chi connectivity index (χ1) is 29.6. The number of aliphatic hydroxyl groups excluding tert-OH is 3. The molecule has 0 radical (unpaired) electrons. The first-order valence-electron chi connectivity index (χ1n) is 27.1. The summed E-state index contributed by atoms with van der Waals surface area (Å²) in [5.41, 5.74) is 0. The average Bonchev–Trinajstić information content (AvgIpc) is 3.25. The van der Waals surface area contributed by atoms with Gasteiger partial charge in [-0.1, -0.05) is 269 Å². The Labute approximate surface area is 375 Å². The van der Waals surface area contributed by atoms with Crippen molar-refractivity contribution in [3.63, 3.8) is 0 Å². The smallest absolute Gasteiger partial charge is 0.220 e. The Kier molecular flexibility index (Phi) is 49.5. The molecule has 5 nitrogen and oxygen atoms in total. The summed E-state index contributed by atoms with van der Waals surface area (Å²) in [6.45, 7) is 4.05. The summed E-state index contributed by atoms with van der Waals surface area (Å²) < 4.78 is 0. The highest BCUT2D eigenvalue weighted by molar-refractivity contribution is 5.76. The first kappa shape index (κ1) is 58.8. The van der Waals surface area contributed by atoms with E-state index in [1.807, 2.05) is 0 Å². The number of aliphatic hydroxyl groups is 3. The standard InChI is InChI=1S/C55H107NO4/c1-3-5-7-9-11-13-14-15-16-17-18-19-20-21-22-23-24-25-26-27-28-29-30-31-32-33-34-35-36-37-38-39-40-42-44-46-48-50-54(59)56-52(51-57)55(60)53(58)49-47-45-43-41-12-10-8-6-4-2/h6,8,41,43,52-53,55,57-58,60H,3-5,7,9-40,42,44-51H2,1-2H3,(H,56,59)/b8-6+,43-41+. The molecule has 356 valence electrons. The van der Waals surface area contributed by atoms with Gasteiger partial charge in [0.05, 0.1) is 18.8 Å². The monoisotopic (exact) mass is 846 g/mol. The van der Waals surface area contributed by atoms with Crippen molar-refractivity contribution < 1.29 is 20.1 Å². The molecule has 0 aliphatic carbocycles. The summed E-state index contributed by atoms with van der Waals surface area (Å²) in [4.78, 5) is 12.4. The lowest BCUT2D eigenvalue weighted by atomic mass is 10.0. The predicted molar refractivity (Wildman–Crippen MR) is 264 cm³/mol. The number of carbonyl (C=O) groups is 1. The number of nitrogens with one attached hydrogen (secondary N) is 1. The molecule has 0 aromatic carbocycles. The normalized spacial score (nSPS) is 13.5. The van der Waals surface area contributed by atoms with Gasteiger partial charge in [-0.15, -0.1) is 0 Å². The van der Waals surface area contributed by atoms with Gasteiger partial charge in [0.15, 0.2) is 0 Å². The second-order valence-corrected chi connectivity index (χ2v) is 18.8. The molecule has 0 heterocycles. The van der Waals surface area contributed by atoms with Crippen molar-refractivity contribution in [2.75, 3.05) is 6.61 Å². The zero-order chi connectivity index (χ0) is 43.7. The third-order valence-electron chi connectivity index (χ3n) is 12.8. The Balaban J connectivity index is 3.37. The second kappa shape index (κ2) is 50.5. The van der Waals surface area contributed by atoms with E-state index in [1.54, 1.807) is 0 Å². The Bertz CT molecular complexity index is 890. The molecule has 4 N–H and O–H groups in total. The third kappa shape index (κ3) is 44.9. The minimum absolute atomic E-state index is 0.156. The van der Waals surface area contributed by atoms with E-state index in [9.17, 15) is 20.1 Å². The van der Waals surface area contributed by atoms with Crippen LogP contribution in [0.1, 0.15) is 296 Å². The molecule has 3 atom stereocenters. The zero-order valence-corrected chi connectivity index (χ0v) is 40.6. The van der Waals surface area contributed by atoms with Gasteiger partial charge >= 0.3 is 0 Å². The van der Waals surface area contributed by atoms with E-state index in [4.69, 9.17) is 0 Å². The van der Waals surface area contributed by atoms with Crippen molar-refractivity contribution in [1.29, 1.82) is 0 Å². The second-order valence-electron chi connectivity index (χ2n) is 18.8. The van der Waals surface area contributed by atoms with Crippen LogP contribution in [0.25, 0.3) is 0 Å². The molecule has 0 saturated heterocycles. The molecular formula is C55H107NO4. The van der Waals surface area contributed by atoms with Crippen LogP contribution in [0, 0.1) is 0 Å². The molecule has 60 heavy (non-hydrogen) atoms. The Morgan fingerprint density at radius 1 is 0.417 bits per heavy atom. The van der Waals surface area contributed by atoms with Crippen LogP contribution in [0.3, 0.4) is 0 Å². The summed E-state index contributed by atoms with van der Waals surface area (Å²) in [6, 6.07) is -0.828. The molecule has 0 aliphatic heterocycles. The van der Waals surface area contributed by atoms with E-state index in [2.05, 4.69) is 43.5 Å². The van der Waals surface area contributed by atoms with E-state index >= 15 is 0 Å². The summed E-state index contributed by atoms with van der Waals surface area (Å²) >= 11 is 0. The van der Waals surface area contributed by atoms with Crippen molar-refractivity contribution in [3.05, 3.63) is 24.3 Å². The summed E-state index contributed by atoms with van der Waals surface area (Å²) in [7, 11) is 0. The minimum Gasteiger partial charge on any atom is -0.394 e. The van der Waals surface area contributed by atoms with Gasteiger partial charge in [0, 0.05) is 6.42 Å². The van der Waals surface area contributed by atoms with Crippen molar-refractivity contribution >= 4 is 5.91 Å². The van der Waals surface area contributed by atoms with Crippen LogP contribution in [0.4, 0.5) is 0 Å². The first-order valence-corrected chi connectivity index (χ1v) is 27.1. The lowest BCUT2D eigenvalue weighted by molar-refractivity contribution is -0.124. The van der Waals surface area contributed by atoms with Crippen molar-refractivity contribution in [1.82, 2.24) is 5.32 Å². The van der Waals surface area contributed by atoms with E-state index in [-0.39, 0.29) is 12.5 Å². The fraction of sp³-hybridized carbons (Fsp3) is 0.909. The molecule has 0 spiro atoms. The highest BCUT2D eigenvalue weighted by Crippen LogP contribution is 2.18. The van der Waals surface area contributed by atoms with Gasteiger partial charge in [-0.05, 0) is 44.9 Å². The number of hydrogen-bond donors (Lipinski definition) is 4. The number of amides is 1. The molecule has 0 aliphatic rings. The van der Waals surface area contributed by atoms with Crippen LogP contribution in [-0.2, 0) is 4.79 Å². The molecular weight excluding hydrogens is 739 g/mol. The number of rotatable bonds is 50. The molecule has 0 aromatic rings. The van der Waals surface area contributed by atoms with Crippen LogP contribution in [-0.4, -0.2) is 46.1 Å². The Hall–Kier alpha value is -1.17. The molecule has 1 amide bonds. The van der Waals surface area contributed by atoms with Crippen molar-refractivity contribution in [2.24, 2.45) is 0 Å². The van der Waals surface area contributed by atoms with Crippen molar-refractivity contribution in [2.45, 2.75) is 315 Å². The van der Waals surface area contributed by atoms with E-state index < -0.39 is 18.2 Å². The largest absolute Gasteiger partial charge is 0.394 e. The van der Waals surface area contributed by atoms with Gasteiger partial charge in [0.25, 0.3) is 0 Å². The topological polar surface area (TPSA) is 89.8 Å². The van der Waals surface area contributed by atoms with Crippen LogP contribution in [0.15, 0.2) is 24.3 Å². The van der Waals surface area contributed by atoms with Gasteiger partial charge in [0.1, 0.15) is 6.10 Å². The Morgan fingerprint density at radius 2 is 0.717 bits per heavy atom. The summed E-state index contributed by atoms with van der Waals surface area (Å²) in [5.74, 6) is -0.156. The van der Waals surface area contributed by atoms with Crippen molar-refractivity contribution in [3.8, 4) is 0 Å². The van der Waals surface area contributed by atoms with E-state index in [0.29, 0.717) is 12.8 Å². The molecule has 3 unspecified atom stereocenters. The highest BCUT2D eigenvalue weighted by Gasteiger charge is 2.26. The van der Waals surface area contributed by atoms with Crippen LogP contribution < -0.4 is 5.32 Å². The van der Waals surface area contributed by atoms with E-state index in [0.717, 1.165) is 51.4 Å². The lowest BCUT2D eigenvalue weighted by Crippen LogP contribution is -2.50. The fourth-order valence-electron chi connectivity index (χ4n) is 8.66. The Morgan fingerprint density at radius 3 is 1.03 bits per heavy atom. The quantitative estimate of drug-likeness (QED) is 0.0363. The molecule has 0 saturated carbocycles. The maximum Gasteiger partial charge on any atom is 0.220 e. The molecule has 0 fully saturated rings. The summed E-state index contributed by atoms with van der Waals surface area (Å²) in [5, 5.41) is 33.4. The SMILES string of the molecule is CC/C=C/CC/C=C/CCCC(O)C(O)C(CO)NC(=O)CCCCCCCCCCCCCCCCCCCCCCCCCCCCCCCCCCCCCCC. The lowest BCUT2D eigenvalue weighted by Gasteiger charge is -2.26. The molecule has 0 rings (SSSR count). The fourth-order valence-corrected chi connectivity index (χ4v) is 8.66. The highest BCUT2D eigenvalue weighted by atomic mass is 16.3. The maximum atomic E-state index is 12.4. The average molecular weight is 846 g/mol. The maximum absolute atomic E-state index is 12.4. The van der Waals surface area contributed by atoms with E-state index in [1.165, 1.54) is 218 Å². The molecule has 5 heteroatoms. The van der Waals surface area contributed by atoms with Gasteiger partial charge < -0.3 is 20.6 Å². The number of allylic oxidation sites excluding steroid dienone is 4. The van der Waals surface area contributed by atoms with Crippen LogP contribution in [0.5, 0.6) is 0 Å². The van der Waals surface area contributed by atoms with Crippen LogP contribution >= 0.6 is 0 Å². The third-order valence-corrected chi connectivity index (χ3v) is 12.8. The van der Waals surface area contributed by atoms with Gasteiger partial charge in [-0.3, -0.25) is 4.79 Å². The van der Waals surface area contributed by atoms with Gasteiger partial charge in [-0.25, -0.2) is 0 Å². The van der Waals surface area contributed by atoms with Gasteiger partial charge in [-0.2, -0.15) is 0 Å². The number of unbranched alkanes of at least 4 members (excludes halogenated alkanes) is 38. The van der Waals surface area contributed by atoms with Crippen LogP contribution in [0.2, 0.25) is 0 Å². The van der Waals surface area contributed by atoms with Gasteiger partial charge in [0.2, 0.25) is 5.91 Å². The number of hydrogen-bond acceptors (Lipinski definition) is 4. The summed E-state index contributed by atoms with van der Waals surface area (Å²) in [6.07, 6.45) is 63.8. The number of carbonyl (C=O) groups excluding carboxylic acids is 1. The predicted octanol–water partition coefficient (Wildman–Crippen LogP) is 16.5. The minimum atomic E-state index is -1.16. The zero-order valence-electron chi connectivity index (χ0n) is 40.6. The molecule has 0 bridgehead atoms.